The van der Waals surface area contributed by atoms with E-state index in [-0.39, 0.29) is 18.9 Å². The molecule has 0 fully saturated rings. The Balaban J connectivity index is 2.37. The predicted molar refractivity (Wildman–Crippen MR) is 60.6 cm³/mol. The molecule has 0 saturated heterocycles. The van der Waals surface area contributed by atoms with Crippen molar-refractivity contribution in [2.45, 2.75) is 6.42 Å². The molecule has 0 radical (unpaired) electrons. The molecule has 1 aromatic carbocycles. The summed E-state index contributed by atoms with van der Waals surface area (Å²) < 4.78 is 5.19. The minimum Gasteiger partial charge on any atom is -0.484 e. The number of rotatable bonds is 6. The van der Waals surface area contributed by atoms with Crippen molar-refractivity contribution in [3.63, 3.8) is 0 Å². The first-order valence-electron chi connectivity index (χ1n) is 5.08. The van der Waals surface area contributed by atoms with Crippen molar-refractivity contribution in [2.24, 2.45) is 0 Å². The Labute approximate surface area is 99.0 Å². The third kappa shape index (κ3) is 4.80. The van der Waals surface area contributed by atoms with Crippen LogP contribution in [0.3, 0.4) is 0 Å². The van der Waals surface area contributed by atoms with Crippen molar-refractivity contribution >= 4 is 12.2 Å². The van der Waals surface area contributed by atoms with Gasteiger partial charge in [-0.05, 0) is 12.1 Å². The molecule has 0 aromatic heterocycles. The molecule has 17 heavy (non-hydrogen) atoms. The molecule has 5 nitrogen and oxygen atoms in total. The maximum absolute atomic E-state index is 11.2. The fourth-order valence-corrected chi connectivity index (χ4v) is 1.14. The van der Waals surface area contributed by atoms with Crippen molar-refractivity contribution in [3.8, 4) is 11.8 Å². The van der Waals surface area contributed by atoms with E-state index in [1.54, 1.807) is 24.3 Å². The average molecular weight is 232 g/mol. The maximum atomic E-state index is 11.2. The zero-order valence-electron chi connectivity index (χ0n) is 9.18. The Morgan fingerprint density at radius 1 is 1.53 bits per heavy atom. The summed E-state index contributed by atoms with van der Waals surface area (Å²) in [6.45, 7) is 0.181. The van der Waals surface area contributed by atoms with Gasteiger partial charge in [0, 0.05) is 12.1 Å². The molecular formula is C12H12N2O3. The minimum atomic E-state index is -0.295. The molecule has 0 saturated carbocycles. The first-order valence-corrected chi connectivity index (χ1v) is 5.08. The van der Waals surface area contributed by atoms with Crippen LogP contribution >= 0.6 is 0 Å². The molecule has 5 heteroatoms. The summed E-state index contributed by atoms with van der Waals surface area (Å²) >= 11 is 0. The standard InChI is InChI=1S/C12H12N2O3/c13-5-2-6-14-12(16)9-17-11-4-1-3-10(7-11)8-15/h1,3-4,7-8H,2,6,9H2,(H,14,16). The molecule has 0 heterocycles. The molecule has 1 amide bonds. The quantitative estimate of drug-likeness (QED) is 0.584. The number of benzene rings is 1. The number of carbonyl (C=O) groups excluding carboxylic acids is 2. The lowest BCUT2D eigenvalue weighted by Gasteiger charge is -2.06. The summed E-state index contributed by atoms with van der Waals surface area (Å²) in [5.41, 5.74) is 0.493. The summed E-state index contributed by atoms with van der Waals surface area (Å²) in [4.78, 5) is 21.7. The van der Waals surface area contributed by atoms with E-state index in [0.29, 0.717) is 24.1 Å². The van der Waals surface area contributed by atoms with E-state index >= 15 is 0 Å². The molecule has 1 N–H and O–H groups in total. The summed E-state index contributed by atoms with van der Waals surface area (Å²) in [5.74, 6) is 0.168. The average Bonchev–Trinajstić information content (AvgIpc) is 2.37. The van der Waals surface area contributed by atoms with Gasteiger partial charge in [0.15, 0.2) is 6.61 Å². The van der Waals surface area contributed by atoms with E-state index in [4.69, 9.17) is 10.00 Å². The number of nitrogens with zero attached hydrogens (tertiary/aromatic N) is 1. The highest BCUT2D eigenvalue weighted by atomic mass is 16.5. The van der Waals surface area contributed by atoms with Crippen LogP contribution in [-0.2, 0) is 4.79 Å². The smallest absolute Gasteiger partial charge is 0.257 e. The Morgan fingerprint density at radius 3 is 3.06 bits per heavy atom. The van der Waals surface area contributed by atoms with Gasteiger partial charge in [-0.2, -0.15) is 5.26 Å². The molecule has 1 rings (SSSR count). The molecule has 0 unspecified atom stereocenters. The van der Waals surface area contributed by atoms with Crippen molar-refractivity contribution in [1.29, 1.82) is 5.26 Å². The summed E-state index contributed by atoms with van der Waals surface area (Å²) in [5, 5.41) is 10.8. The number of nitriles is 1. The van der Waals surface area contributed by atoms with Gasteiger partial charge in [0.25, 0.3) is 5.91 Å². The van der Waals surface area contributed by atoms with Gasteiger partial charge in [-0.25, -0.2) is 0 Å². The Morgan fingerprint density at radius 2 is 2.35 bits per heavy atom. The predicted octanol–water partition coefficient (Wildman–Crippen LogP) is 0.908. The van der Waals surface area contributed by atoms with Crippen LogP contribution in [-0.4, -0.2) is 25.3 Å². The first kappa shape index (κ1) is 12.7. The topological polar surface area (TPSA) is 79.2 Å². The largest absolute Gasteiger partial charge is 0.484 e. The lowest BCUT2D eigenvalue weighted by atomic mass is 10.2. The van der Waals surface area contributed by atoms with Gasteiger partial charge >= 0.3 is 0 Å². The van der Waals surface area contributed by atoms with Crippen molar-refractivity contribution in [1.82, 2.24) is 5.32 Å². The number of ether oxygens (including phenoxy) is 1. The van der Waals surface area contributed by atoms with Crippen LogP contribution < -0.4 is 10.1 Å². The molecule has 0 bridgehead atoms. The molecule has 1 aromatic rings. The summed E-state index contributed by atoms with van der Waals surface area (Å²) in [6, 6.07) is 8.45. The van der Waals surface area contributed by atoms with E-state index in [1.807, 2.05) is 6.07 Å². The van der Waals surface area contributed by atoms with Crippen LogP contribution in [0.5, 0.6) is 5.75 Å². The molecule has 0 atom stereocenters. The van der Waals surface area contributed by atoms with Crippen LogP contribution in [0.15, 0.2) is 24.3 Å². The molecule has 88 valence electrons. The number of amides is 1. The van der Waals surface area contributed by atoms with Gasteiger partial charge < -0.3 is 10.1 Å². The second kappa shape index (κ2) is 7.01. The van der Waals surface area contributed by atoms with Gasteiger partial charge in [-0.3, -0.25) is 9.59 Å². The highest BCUT2D eigenvalue weighted by Crippen LogP contribution is 2.11. The van der Waals surface area contributed by atoms with Crippen molar-refractivity contribution in [2.75, 3.05) is 13.2 Å². The molecule has 0 aliphatic carbocycles. The van der Waals surface area contributed by atoms with Gasteiger partial charge in [-0.15, -0.1) is 0 Å². The number of aldehydes is 1. The molecular weight excluding hydrogens is 220 g/mol. The van der Waals surface area contributed by atoms with Crippen LogP contribution in [0.4, 0.5) is 0 Å². The van der Waals surface area contributed by atoms with Crippen LogP contribution in [0, 0.1) is 11.3 Å². The highest BCUT2D eigenvalue weighted by Gasteiger charge is 2.02. The Hall–Kier alpha value is -2.35. The van der Waals surface area contributed by atoms with Gasteiger partial charge in [0.1, 0.15) is 12.0 Å². The molecule has 0 aliphatic heterocycles. The number of hydrogen-bond acceptors (Lipinski definition) is 4. The molecule has 0 aliphatic rings. The van der Waals surface area contributed by atoms with Crippen molar-refractivity contribution < 1.29 is 14.3 Å². The fourth-order valence-electron chi connectivity index (χ4n) is 1.14. The van der Waals surface area contributed by atoms with Gasteiger partial charge in [-0.1, -0.05) is 12.1 Å². The van der Waals surface area contributed by atoms with Gasteiger partial charge in [0.2, 0.25) is 0 Å². The first-order chi connectivity index (χ1) is 8.26. The Bertz CT molecular complexity index is 438. The van der Waals surface area contributed by atoms with Crippen LogP contribution in [0.2, 0.25) is 0 Å². The second-order valence-corrected chi connectivity index (χ2v) is 3.24. The lowest BCUT2D eigenvalue weighted by Crippen LogP contribution is -2.29. The zero-order chi connectivity index (χ0) is 12.5. The van der Waals surface area contributed by atoms with E-state index in [0.717, 1.165) is 0 Å². The molecule has 0 spiro atoms. The lowest BCUT2D eigenvalue weighted by molar-refractivity contribution is -0.123. The summed E-state index contributed by atoms with van der Waals surface area (Å²) in [7, 11) is 0. The number of nitrogens with one attached hydrogen (secondary N) is 1. The summed E-state index contributed by atoms with van der Waals surface area (Å²) in [6.07, 6.45) is 0.978. The second-order valence-electron chi connectivity index (χ2n) is 3.24. The number of hydrogen-bond donors (Lipinski definition) is 1. The van der Waals surface area contributed by atoms with Crippen LogP contribution in [0.1, 0.15) is 16.8 Å². The van der Waals surface area contributed by atoms with Gasteiger partial charge in [0.05, 0.1) is 12.5 Å². The normalized spacial score (nSPS) is 9.12. The Kier molecular flexibility index (Phi) is 5.25. The third-order valence-electron chi connectivity index (χ3n) is 1.92. The van der Waals surface area contributed by atoms with E-state index < -0.39 is 0 Å². The third-order valence-corrected chi connectivity index (χ3v) is 1.92. The number of carbonyl (C=O) groups is 2. The SMILES string of the molecule is N#CCCNC(=O)COc1cccc(C=O)c1. The zero-order valence-corrected chi connectivity index (χ0v) is 9.18. The maximum Gasteiger partial charge on any atom is 0.257 e. The van der Waals surface area contributed by atoms with Crippen molar-refractivity contribution in [3.05, 3.63) is 29.8 Å². The highest BCUT2D eigenvalue weighted by molar-refractivity contribution is 5.78. The minimum absolute atomic E-state index is 0.131. The van der Waals surface area contributed by atoms with E-state index in [1.165, 1.54) is 0 Å². The van der Waals surface area contributed by atoms with E-state index in [9.17, 15) is 9.59 Å². The monoisotopic (exact) mass is 232 g/mol. The fraction of sp³-hybridized carbons (Fsp3) is 0.250. The van der Waals surface area contributed by atoms with Crippen LogP contribution in [0.25, 0.3) is 0 Å². The van der Waals surface area contributed by atoms with E-state index in [2.05, 4.69) is 5.32 Å².